The molecule has 2 N–H and O–H groups in total. The first-order valence-corrected chi connectivity index (χ1v) is 3.52. The first kappa shape index (κ1) is 6.84. The van der Waals surface area contributed by atoms with Gasteiger partial charge in [0.05, 0.1) is 5.39 Å². The monoisotopic (exact) mass is 161 g/mol. The van der Waals surface area contributed by atoms with Gasteiger partial charge >= 0.3 is 0 Å². The van der Waals surface area contributed by atoms with Gasteiger partial charge in [0, 0.05) is 17.2 Å². The summed E-state index contributed by atoms with van der Waals surface area (Å²) < 4.78 is 0. The van der Waals surface area contributed by atoms with Crippen molar-refractivity contribution in [2.75, 3.05) is 5.73 Å². The van der Waals surface area contributed by atoms with Crippen LogP contribution in [0.4, 0.5) is 5.82 Å². The Kier molecular flexibility index (Phi) is 1.33. The molecule has 2 aromatic rings. The molecular weight excluding hydrogens is 154 g/mol. The van der Waals surface area contributed by atoms with Gasteiger partial charge in [0.15, 0.2) is 5.82 Å². The van der Waals surface area contributed by atoms with Crippen LogP contribution in [0.25, 0.3) is 10.9 Å². The molecule has 0 atom stereocenters. The number of hydrogen-bond donors (Lipinski definition) is 1. The van der Waals surface area contributed by atoms with E-state index in [0.717, 1.165) is 5.39 Å². The molecule has 0 aliphatic rings. The molecule has 0 spiro atoms. The Bertz CT molecular complexity index is 428. The Morgan fingerprint density at radius 3 is 2.92 bits per heavy atom. The fourth-order valence-electron chi connectivity index (χ4n) is 1.13. The van der Waals surface area contributed by atoms with Gasteiger partial charge in [0.2, 0.25) is 0 Å². The Hall–Kier alpha value is -1.84. The van der Waals surface area contributed by atoms with Gasteiger partial charge in [-0.15, -0.1) is 0 Å². The van der Waals surface area contributed by atoms with E-state index in [0.29, 0.717) is 10.4 Å². The number of nitrogens with zero attached hydrogens (tertiary/aromatic N) is 2. The second-order valence-electron chi connectivity index (χ2n) is 2.50. The summed E-state index contributed by atoms with van der Waals surface area (Å²) in [6.45, 7) is 0. The van der Waals surface area contributed by atoms with E-state index in [9.17, 15) is 5.21 Å². The van der Waals surface area contributed by atoms with Crippen LogP contribution in [0.1, 0.15) is 0 Å². The van der Waals surface area contributed by atoms with Gasteiger partial charge in [-0.25, -0.2) is 0 Å². The summed E-state index contributed by atoms with van der Waals surface area (Å²) in [6.07, 6.45) is 0. The molecule has 0 fully saturated rings. The van der Waals surface area contributed by atoms with Crippen molar-refractivity contribution in [1.29, 1.82) is 0 Å². The Balaban J connectivity index is 2.89. The summed E-state index contributed by atoms with van der Waals surface area (Å²) in [7, 11) is 0. The molecule has 12 heavy (non-hydrogen) atoms. The average Bonchev–Trinajstić information content (AvgIpc) is 2.04. The summed E-state index contributed by atoms with van der Waals surface area (Å²) in [5, 5.41) is 15.5. The van der Waals surface area contributed by atoms with E-state index < -0.39 is 0 Å². The molecule has 0 aliphatic heterocycles. The normalized spacial score (nSPS) is 10.3. The lowest BCUT2D eigenvalue weighted by atomic mass is 10.2. The first-order valence-electron chi connectivity index (χ1n) is 3.52. The van der Waals surface area contributed by atoms with Crippen LogP contribution in [0, 0.1) is 5.21 Å². The minimum absolute atomic E-state index is 0.240. The van der Waals surface area contributed by atoms with E-state index in [1.165, 1.54) is 0 Å². The lowest BCUT2D eigenvalue weighted by Crippen LogP contribution is -2.32. The van der Waals surface area contributed by atoms with Crippen molar-refractivity contribution in [3.05, 3.63) is 35.5 Å². The molecule has 0 saturated heterocycles. The summed E-state index contributed by atoms with van der Waals surface area (Å²) in [4.78, 5) is 0.532. The van der Waals surface area contributed by atoms with Crippen LogP contribution < -0.4 is 10.6 Å². The standard InChI is InChI=1S/C8H7N3O/c9-8-5-6-3-1-2-4-7(6)11(12)10-8/h1-5H,(H2,9,10). The minimum atomic E-state index is 0.240. The predicted molar refractivity (Wildman–Crippen MR) is 45.1 cm³/mol. The molecule has 0 unspecified atom stereocenters. The van der Waals surface area contributed by atoms with Gasteiger partial charge in [0.1, 0.15) is 0 Å². The van der Waals surface area contributed by atoms with Gasteiger partial charge in [-0.3, -0.25) is 0 Å². The number of nitrogen functional groups attached to an aromatic ring is 1. The van der Waals surface area contributed by atoms with Crippen LogP contribution in [0.2, 0.25) is 0 Å². The molecule has 1 aromatic heterocycles. The lowest BCUT2D eigenvalue weighted by molar-refractivity contribution is -0.641. The highest BCUT2D eigenvalue weighted by atomic mass is 16.5. The zero-order chi connectivity index (χ0) is 8.55. The maximum Gasteiger partial charge on any atom is 0.252 e. The summed E-state index contributed by atoms with van der Waals surface area (Å²) >= 11 is 0. The van der Waals surface area contributed by atoms with Crippen molar-refractivity contribution in [2.45, 2.75) is 0 Å². The highest BCUT2D eigenvalue weighted by Crippen LogP contribution is 2.09. The van der Waals surface area contributed by atoms with Crippen molar-refractivity contribution < 1.29 is 4.85 Å². The molecule has 4 heteroatoms. The van der Waals surface area contributed by atoms with Crippen LogP contribution in [-0.2, 0) is 0 Å². The summed E-state index contributed by atoms with van der Waals surface area (Å²) in [6, 6.07) is 8.83. The molecule has 0 radical (unpaired) electrons. The maximum absolute atomic E-state index is 11.1. The molecule has 0 aliphatic carbocycles. The Labute approximate surface area is 68.8 Å². The maximum atomic E-state index is 11.1. The molecule has 1 aromatic carbocycles. The van der Waals surface area contributed by atoms with E-state index in [2.05, 4.69) is 5.10 Å². The number of aromatic nitrogens is 2. The van der Waals surface area contributed by atoms with Gasteiger partial charge in [-0.05, 0) is 10.9 Å². The number of rotatable bonds is 0. The predicted octanol–water partition coefficient (Wildman–Crippen LogP) is 0.450. The van der Waals surface area contributed by atoms with Crippen molar-refractivity contribution >= 4 is 16.7 Å². The number of anilines is 1. The third-order valence-corrected chi connectivity index (χ3v) is 1.65. The molecule has 0 amide bonds. The van der Waals surface area contributed by atoms with Crippen LogP contribution in [0.5, 0.6) is 0 Å². The van der Waals surface area contributed by atoms with E-state index in [1.807, 2.05) is 12.1 Å². The van der Waals surface area contributed by atoms with Crippen molar-refractivity contribution in [3.63, 3.8) is 0 Å². The molecule has 1 heterocycles. The van der Waals surface area contributed by atoms with Gasteiger partial charge in [-0.2, -0.15) is 0 Å². The average molecular weight is 161 g/mol. The quantitative estimate of drug-likeness (QED) is 0.450. The highest BCUT2D eigenvalue weighted by molar-refractivity contribution is 5.77. The molecular formula is C8H7N3O. The molecule has 2 rings (SSSR count). The third-order valence-electron chi connectivity index (χ3n) is 1.65. The number of fused-ring (bicyclic) bond motifs is 1. The number of hydrogen-bond acceptors (Lipinski definition) is 3. The molecule has 4 nitrogen and oxygen atoms in total. The zero-order valence-corrected chi connectivity index (χ0v) is 6.27. The number of para-hydroxylation sites is 1. The van der Waals surface area contributed by atoms with E-state index in [1.54, 1.807) is 18.2 Å². The smallest absolute Gasteiger partial charge is 0.252 e. The fraction of sp³-hybridized carbons (Fsp3) is 0. The van der Waals surface area contributed by atoms with Crippen molar-refractivity contribution in [1.82, 2.24) is 5.10 Å². The second-order valence-corrected chi connectivity index (χ2v) is 2.50. The largest absolute Gasteiger partial charge is 0.594 e. The van der Waals surface area contributed by atoms with Gasteiger partial charge < -0.3 is 10.9 Å². The molecule has 0 saturated carbocycles. The molecule has 60 valence electrons. The minimum Gasteiger partial charge on any atom is -0.594 e. The van der Waals surface area contributed by atoms with Gasteiger partial charge in [0.25, 0.3) is 5.52 Å². The highest BCUT2D eigenvalue weighted by Gasteiger charge is 2.04. The van der Waals surface area contributed by atoms with E-state index >= 15 is 0 Å². The van der Waals surface area contributed by atoms with Crippen LogP contribution in [-0.4, -0.2) is 5.10 Å². The molecule has 0 bridgehead atoms. The van der Waals surface area contributed by atoms with E-state index in [4.69, 9.17) is 5.73 Å². The fourth-order valence-corrected chi connectivity index (χ4v) is 1.13. The zero-order valence-electron chi connectivity index (χ0n) is 6.27. The Morgan fingerprint density at radius 1 is 1.33 bits per heavy atom. The first-order chi connectivity index (χ1) is 5.77. The van der Waals surface area contributed by atoms with Crippen LogP contribution in [0.3, 0.4) is 0 Å². The number of benzene rings is 1. The van der Waals surface area contributed by atoms with E-state index in [-0.39, 0.29) is 5.82 Å². The van der Waals surface area contributed by atoms with Crippen LogP contribution >= 0.6 is 0 Å². The SMILES string of the molecule is Nc1cc2ccccc2[n+]([O-])n1. The lowest BCUT2D eigenvalue weighted by Gasteiger charge is -1.98. The summed E-state index contributed by atoms with van der Waals surface area (Å²) in [5.74, 6) is 0.240. The van der Waals surface area contributed by atoms with Gasteiger partial charge in [-0.1, -0.05) is 12.1 Å². The topological polar surface area (TPSA) is 65.8 Å². The third kappa shape index (κ3) is 0.934. The van der Waals surface area contributed by atoms with Crippen molar-refractivity contribution in [3.8, 4) is 0 Å². The van der Waals surface area contributed by atoms with Crippen molar-refractivity contribution in [2.24, 2.45) is 0 Å². The second kappa shape index (κ2) is 2.34. The summed E-state index contributed by atoms with van der Waals surface area (Å²) in [5.41, 5.74) is 5.93. The Morgan fingerprint density at radius 2 is 2.08 bits per heavy atom. The van der Waals surface area contributed by atoms with Crippen LogP contribution in [0.15, 0.2) is 30.3 Å². The number of nitrogens with two attached hydrogens (primary N) is 1.